The summed E-state index contributed by atoms with van der Waals surface area (Å²) in [4.78, 5) is 24.7. The Labute approximate surface area is 140 Å². The fourth-order valence-corrected chi connectivity index (χ4v) is 2.64. The van der Waals surface area contributed by atoms with Crippen molar-refractivity contribution in [2.24, 2.45) is 0 Å². The van der Waals surface area contributed by atoms with E-state index in [9.17, 15) is 4.79 Å². The molecular formula is C18H20N4O2. The van der Waals surface area contributed by atoms with Crippen LogP contribution in [0, 0.1) is 6.92 Å². The lowest BCUT2D eigenvalue weighted by molar-refractivity contribution is -0.131. The lowest BCUT2D eigenvalue weighted by Crippen LogP contribution is -2.04. The third kappa shape index (κ3) is 3.13. The summed E-state index contributed by atoms with van der Waals surface area (Å²) in [6, 6.07) is 5.64. The van der Waals surface area contributed by atoms with Crippen molar-refractivity contribution in [2.45, 2.75) is 40.2 Å². The second-order valence-corrected chi connectivity index (χ2v) is 5.78. The van der Waals surface area contributed by atoms with Crippen LogP contribution in [0.25, 0.3) is 22.4 Å². The lowest BCUT2D eigenvalue weighted by Gasteiger charge is -2.10. The Bertz CT molecular complexity index is 886. The number of hydrogen-bond donors (Lipinski definition) is 0. The van der Waals surface area contributed by atoms with E-state index in [2.05, 4.69) is 21.9 Å². The van der Waals surface area contributed by atoms with Gasteiger partial charge in [-0.25, -0.2) is 15.0 Å². The zero-order chi connectivity index (χ0) is 17.1. The van der Waals surface area contributed by atoms with E-state index in [1.165, 1.54) is 13.3 Å². The summed E-state index contributed by atoms with van der Waals surface area (Å²) in [6.07, 6.45) is 5.49. The number of ether oxygens (including phenoxy) is 1. The van der Waals surface area contributed by atoms with Crippen LogP contribution in [0.15, 0.2) is 30.9 Å². The third-order valence-corrected chi connectivity index (χ3v) is 3.80. The minimum absolute atomic E-state index is 0.362. The molecule has 0 unspecified atom stereocenters. The first-order chi connectivity index (χ1) is 11.6. The van der Waals surface area contributed by atoms with E-state index >= 15 is 0 Å². The van der Waals surface area contributed by atoms with Crippen LogP contribution >= 0.6 is 0 Å². The summed E-state index contributed by atoms with van der Waals surface area (Å²) in [5, 5.41) is 0. The van der Waals surface area contributed by atoms with E-state index < -0.39 is 0 Å². The Balaban J connectivity index is 2.14. The minimum Gasteiger partial charge on any atom is -0.426 e. The monoisotopic (exact) mass is 324 g/mol. The van der Waals surface area contributed by atoms with Crippen molar-refractivity contribution in [2.75, 3.05) is 0 Å². The molecule has 0 aliphatic heterocycles. The molecule has 24 heavy (non-hydrogen) atoms. The summed E-state index contributed by atoms with van der Waals surface area (Å²) in [5.74, 6) is 0.120. The van der Waals surface area contributed by atoms with Crippen LogP contribution in [0.2, 0.25) is 0 Å². The molecule has 0 saturated carbocycles. The maximum absolute atomic E-state index is 11.4. The van der Waals surface area contributed by atoms with Crippen molar-refractivity contribution in [1.82, 2.24) is 19.5 Å². The number of benzene rings is 1. The molecule has 3 rings (SSSR count). The highest BCUT2D eigenvalue weighted by Gasteiger charge is 2.16. The van der Waals surface area contributed by atoms with E-state index in [1.807, 2.05) is 23.6 Å². The van der Waals surface area contributed by atoms with Gasteiger partial charge in [-0.15, -0.1) is 0 Å². The van der Waals surface area contributed by atoms with Gasteiger partial charge in [0.05, 0.1) is 6.33 Å². The SMILES string of the molecule is CCCCn1cnc2c(-c3cc(C)ccc3OC(C)=O)ncnc21. The molecule has 1 aromatic carbocycles. The number of aromatic nitrogens is 4. The standard InChI is InChI=1S/C18H20N4O2/c1-4-5-8-22-11-21-17-16(19-10-20-18(17)22)14-9-12(2)6-7-15(14)24-13(3)23/h6-7,9-11H,4-5,8H2,1-3H3. The average molecular weight is 324 g/mol. The van der Waals surface area contributed by atoms with Gasteiger partial charge in [-0.05, 0) is 25.5 Å². The maximum atomic E-state index is 11.4. The molecule has 0 aliphatic rings. The highest BCUT2D eigenvalue weighted by molar-refractivity contribution is 5.90. The number of esters is 1. The predicted octanol–water partition coefficient (Wildman–Crippen LogP) is 3.53. The smallest absolute Gasteiger partial charge is 0.308 e. The van der Waals surface area contributed by atoms with Crippen molar-refractivity contribution in [3.8, 4) is 17.0 Å². The van der Waals surface area contributed by atoms with Crippen LogP contribution in [0.5, 0.6) is 5.75 Å². The number of rotatable bonds is 5. The molecule has 0 saturated heterocycles. The topological polar surface area (TPSA) is 69.9 Å². The van der Waals surface area contributed by atoms with Gasteiger partial charge in [-0.2, -0.15) is 0 Å². The predicted molar refractivity (Wildman–Crippen MR) is 91.7 cm³/mol. The van der Waals surface area contributed by atoms with Crippen molar-refractivity contribution in [3.05, 3.63) is 36.4 Å². The summed E-state index contributed by atoms with van der Waals surface area (Å²) < 4.78 is 7.37. The van der Waals surface area contributed by atoms with E-state index in [-0.39, 0.29) is 5.97 Å². The quantitative estimate of drug-likeness (QED) is 0.530. The zero-order valence-electron chi connectivity index (χ0n) is 14.1. The zero-order valence-corrected chi connectivity index (χ0v) is 14.1. The number of unbranched alkanes of at least 4 members (excludes halogenated alkanes) is 1. The molecule has 0 fully saturated rings. The van der Waals surface area contributed by atoms with Gasteiger partial charge in [0.25, 0.3) is 0 Å². The van der Waals surface area contributed by atoms with Gasteiger partial charge in [0.15, 0.2) is 5.65 Å². The van der Waals surface area contributed by atoms with Gasteiger partial charge < -0.3 is 9.30 Å². The Morgan fingerprint density at radius 2 is 2.08 bits per heavy atom. The Hall–Kier alpha value is -2.76. The molecule has 0 N–H and O–H groups in total. The normalized spacial score (nSPS) is 11.0. The number of imidazole rings is 1. The third-order valence-electron chi connectivity index (χ3n) is 3.80. The average Bonchev–Trinajstić information content (AvgIpc) is 2.97. The van der Waals surface area contributed by atoms with Crippen LogP contribution < -0.4 is 4.74 Å². The maximum Gasteiger partial charge on any atom is 0.308 e. The Kier molecular flexibility index (Phi) is 4.55. The van der Waals surface area contributed by atoms with Gasteiger partial charge in [0.2, 0.25) is 0 Å². The fourth-order valence-electron chi connectivity index (χ4n) is 2.64. The van der Waals surface area contributed by atoms with Gasteiger partial charge in [0, 0.05) is 19.0 Å². The molecule has 2 heterocycles. The summed E-state index contributed by atoms with van der Waals surface area (Å²) >= 11 is 0. The number of carbonyl (C=O) groups excluding carboxylic acids is 1. The second kappa shape index (κ2) is 6.78. The van der Waals surface area contributed by atoms with Crippen molar-refractivity contribution < 1.29 is 9.53 Å². The molecule has 0 radical (unpaired) electrons. The summed E-state index contributed by atoms with van der Waals surface area (Å²) in [7, 11) is 0. The first-order valence-electron chi connectivity index (χ1n) is 8.05. The molecule has 6 nitrogen and oxygen atoms in total. The van der Waals surface area contributed by atoms with Gasteiger partial charge in [0.1, 0.15) is 23.3 Å². The molecule has 3 aromatic rings. The van der Waals surface area contributed by atoms with Crippen molar-refractivity contribution in [1.29, 1.82) is 0 Å². The molecule has 6 heteroatoms. The molecule has 2 aromatic heterocycles. The first-order valence-corrected chi connectivity index (χ1v) is 8.05. The van der Waals surface area contributed by atoms with E-state index in [0.29, 0.717) is 17.0 Å². The molecule has 0 bridgehead atoms. The highest BCUT2D eigenvalue weighted by atomic mass is 16.5. The van der Waals surface area contributed by atoms with Crippen LogP contribution in [-0.2, 0) is 11.3 Å². The van der Waals surface area contributed by atoms with Gasteiger partial charge in [-0.1, -0.05) is 25.0 Å². The second-order valence-electron chi connectivity index (χ2n) is 5.78. The number of aryl methyl sites for hydroxylation is 2. The number of carbonyl (C=O) groups is 1. The first kappa shape index (κ1) is 16.1. The lowest BCUT2D eigenvalue weighted by atomic mass is 10.1. The summed E-state index contributed by atoms with van der Waals surface area (Å²) in [5.41, 5.74) is 3.99. The molecule has 0 atom stereocenters. The van der Waals surface area contributed by atoms with Crippen molar-refractivity contribution >= 4 is 17.1 Å². The van der Waals surface area contributed by atoms with E-state index in [4.69, 9.17) is 4.74 Å². The van der Waals surface area contributed by atoms with Crippen LogP contribution in [0.4, 0.5) is 0 Å². The largest absolute Gasteiger partial charge is 0.426 e. The van der Waals surface area contributed by atoms with Gasteiger partial charge in [-0.3, -0.25) is 4.79 Å². The fraction of sp³-hybridized carbons (Fsp3) is 0.333. The minimum atomic E-state index is -0.362. The Morgan fingerprint density at radius 3 is 2.83 bits per heavy atom. The molecule has 0 spiro atoms. The van der Waals surface area contributed by atoms with Crippen molar-refractivity contribution in [3.63, 3.8) is 0 Å². The molecule has 0 amide bonds. The number of nitrogens with zero attached hydrogens (tertiary/aromatic N) is 4. The number of fused-ring (bicyclic) bond motifs is 1. The molecular weight excluding hydrogens is 304 g/mol. The van der Waals surface area contributed by atoms with Crippen LogP contribution in [0.3, 0.4) is 0 Å². The summed E-state index contributed by atoms with van der Waals surface area (Å²) in [6.45, 7) is 6.39. The van der Waals surface area contributed by atoms with E-state index in [0.717, 1.165) is 36.2 Å². The number of hydrogen-bond acceptors (Lipinski definition) is 5. The molecule has 124 valence electrons. The molecule has 0 aliphatic carbocycles. The van der Waals surface area contributed by atoms with E-state index in [1.54, 1.807) is 12.4 Å². The highest BCUT2D eigenvalue weighted by Crippen LogP contribution is 2.33. The van der Waals surface area contributed by atoms with Gasteiger partial charge >= 0.3 is 5.97 Å². The Morgan fingerprint density at radius 1 is 1.25 bits per heavy atom. The van der Waals surface area contributed by atoms with Crippen LogP contribution in [0.1, 0.15) is 32.3 Å². The van der Waals surface area contributed by atoms with Crippen LogP contribution in [-0.4, -0.2) is 25.5 Å².